The van der Waals surface area contributed by atoms with Crippen molar-refractivity contribution in [3.63, 3.8) is 0 Å². The fraction of sp³-hybridized carbons (Fsp3) is 0.667. The Bertz CT molecular complexity index is 922. The molecule has 2 aliphatic rings. The highest BCUT2D eigenvalue weighted by atomic mass is 32.2. The lowest BCUT2D eigenvalue weighted by Crippen LogP contribution is -2.55. The highest BCUT2D eigenvalue weighted by Gasteiger charge is 2.40. The van der Waals surface area contributed by atoms with Crippen LogP contribution >= 0.6 is 0 Å². The van der Waals surface area contributed by atoms with E-state index in [2.05, 4.69) is 0 Å². The summed E-state index contributed by atoms with van der Waals surface area (Å²) in [6, 6.07) is 2.78. The van der Waals surface area contributed by atoms with Crippen LogP contribution in [0.25, 0.3) is 0 Å². The highest BCUT2D eigenvalue weighted by Crippen LogP contribution is 2.25. The van der Waals surface area contributed by atoms with Crippen LogP contribution in [0.2, 0.25) is 0 Å². The predicted octanol–water partition coefficient (Wildman–Crippen LogP) is 0.289. The molecule has 186 valence electrons. The van der Waals surface area contributed by atoms with Crippen molar-refractivity contribution in [2.45, 2.75) is 24.5 Å². The Morgan fingerprint density at radius 1 is 1.12 bits per heavy atom. The van der Waals surface area contributed by atoms with Crippen molar-refractivity contribution < 1.29 is 36.6 Å². The summed E-state index contributed by atoms with van der Waals surface area (Å²) in [7, 11) is -1.86. The maximum absolute atomic E-state index is 13.5. The Balaban J connectivity index is 1.74. The largest absolute Gasteiger partial charge is 0.490 e. The van der Waals surface area contributed by atoms with Crippen LogP contribution < -0.4 is 4.74 Å². The van der Waals surface area contributed by atoms with E-state index >= 15 is 0 Å². The van der Waals surface area contributed by atoms with Crippen LogP contribution in [0.5, 0.6) is 5.75 Å². The molecule has 12 heteroatoms. The van der Waals surface area contributed by atoms with Gasteiger partial charge >= 0.3 is 0 Å². The molecule has 0 aliphatic carbocycles. The summed E-state index contributed by atoms with van der Waals surface area (Å²) in [5.41, 5.74) is -1.52. The average molecular weight is 492 g/mol. The van der Waals surface area contributed by atoms with Gasteiger partial charge in [0.25, 0.3) is 0 Å². The molecule has 0 unspecified atom stereocenters. The number of sulfonamides is 1. The Hall–Kier alpha value is -1.86. The molecule has 1 N–H and O–H groups in total. The zero-order valence-electron chi connectivity index (χ0n) is 18.9. The van der Waals surface area contributed by atoms with Gasteiger partial charge in [0, 0.05) is 64.1 Å². The van der Waals surface area contributed by atoms with Gasteiger partial charge in [0.15, 0.2) is 0 Å². The van der Waals surface area contributed by atoms with E-state index < -0.39 is 27.3 Å². The number of carbonyl (C=O) groups is 1. The third-order valence-electron chi connectivity index (χ3n) is 6.01. The van der Waals surface area contributed by atoms with Crippen molar-refractivity contribution in [3.8, 4) is 5.75 Å². The van der Waals surface area contributed by atoms with Crippen LogP contribution in [0, 0.1) is 11.6 Å². The molecule has 0 saturated carbocycles. The van der Waals surface area contributed by atoms with E-state index in [0.717, 1.165) is 18.2 Å². The molecule has 1 atom stereocenters. The third-order valence-corrected chi connectivity index (χ3v) is 7.32. The fourth-order valence-corrected chi connectivity index (χ4v) is 5.26. The van der Waals surface area contributed by atoms with Crippen LogP contribution in [0.15, 0.2) is 18.2 Å². The van der Waals surface area contributed by atoms with Gasteiger partial charge < -0.3 is 19.5 Å². The van der Waals surface area contributed by atoms with Gasteiger partial charge in [-0.1, -0.05) is 0 Å². The molecule has 1 amide bonds. The second kappa shape index (κ2) is 10.6. The molecule has 33 heavy (non-hydrogen) atoms. The van der Waals surface area contributed by atoms with Gasteiger partial charge in [0.05, 0.1) is 12.8 Å². The van der Waals surface area contributed by atoms with Gasteiger partial charge in [-0.3, -0.25) is 9.69 Å². The Kier molecular flexibility index (Phi) is 8.27. The summed E-state index contributed by atoms with van der Waals surface area (Å²) >= 11 is 0. The number of β-amino-alcohol motifs (C(OH)–C–C–N with tert-alkyl or cyclic N) is 1. The lowest BCUT2D eigenvalue weighted by atomic mass is 10.00. The molecule has 1 aromatic rings. The number of nitrogens with zero attached hydrogens (tertiary/aromatic N) is 3. The zero-order chi connectivity index (χ0) is 24.2. The van der Waals surface area contributed by atoms with Crippen molar-refractivity contribution in [2.75, 3.05) is 65.8 Å². The van der Waals surface area contributed by atoms with Gasteiger partial charge in [-0.15, -0.1) is 0 Å². The first-order valence-corrected chi connectivity index (χ1v) is 12.6. The summed E-state index contributed by atoms with van der Waals surface area (Å²) < 4.78 is 62.6. The van der Waals surface area contributed by atoms with Crippen LogP contribution in [-0.2, 0) is 19.6 Å². The number of ether oxygens (including phenoxy) is 2. The summed E-state index contributed by atoms with van der Waals surface area (Å²) in [5.74, 6) is -1.95. The van der Waals surface area contributed by atoms with Gasteiger partial charge in [-0.05, 0) is 12.8 Å². The molecule has 1 aromatic carbocycles. The number of hydrogen-bond acceptors (Lipinski definition) is 7. The van der Waals surface area contributed by atoms with Gasteiger partial charge in [-0.2, -0.15) is 0 Å². The van der Waals surface area contributed by atoms with E-state index in [1.54, 1.807) is 0 Å². The number of methoxy groups -OCH3 is 1. The first-order chi connectivity index (χ1) is 15.5. The first kappa shape index (κ1) is 25.8. The third kappa shape index (κ3) is 7.06. The highest BCUT2D eigenvalue weighted by molar-refractivity contribution is 7.88. The Morgan fingerprint density at radius 3 is 2.33 bits per heavy atom. The molecule has 2 fully saturated rings. The summed E-state index contributed by atoms with van der Waals surface area (Å²) in [6.45, 7) is 1.29. The minimum atomic E-state index is -3.27. The number of halogens is 2. The van der Waals surface area contributed by atoms with Crippen LogP contribution in [0.4, 0.5) is 8.78 Å². The van der Waals surface area contributed by atoms with E-state index in [9.17, 15) is 27.1 Å². The quantitative estimate of drug-likeness (QED) is 0.585. The van der Waals surface area contributed by atoms with E-state index in [-0.39, 0.29) is 44.0 Å². The average Bonchev–Trinajstić information content (AvgIpc) is 2.91. The Labute approximate surface area is 192 Å². The molecule has 3 rings (SSSR count). The lowest BCUT2D eigenvalue weighted by molar-refractivity contribution is -0.138. The lowest BCUT2D eigenvalue weighted by Gasteiger charge is -2.39. The number of benzene rings is 1. The standard InChI is InChI=1S/C21H31F2N3O6S/c1-31-12-20(27)25-8-7-24(18-3-5-26(6-4-18)33(2,29)30)13-21(28,14-25)15-32-19-10-16(22)9-17(23)11-19/h9-11,18,28H,3-8,12-15H2,1-2H3/t21-/m1/s1. The summed E-state index contributed by atoms with van der Waals surface area (Å²) in [5, 5.41) is 11.4. The normalized spacial score (nSPS) is 24.0. The van der Waals surface area contributed by atoms with Gasteiger partial charge in [0.1, 0.15) is 36.2 Å². The molecule has 0 bridgehead atoms. The molecule has 2 heterocycles. The molecule has 0 aromatic heterocycles. The summed E-state index contributed by atoms with van der Waals surface area (Å²) in [6.07, 6.45) is 2.36. The van der Waals surface area contributed by atoms with Crippen molar-refractivity contribution in [1.82, 2.24) is 14.1 Å². The predicted molar refractivity (Wildman–Crippen MR) is 116 cm³/mol. The summed E-state index contributed by atoms with van der Waals surface area (Å²) in [4.78, 5) is 16.0. The molecular weight excluding hydrogens is 460 g/mol. The molecule has 0 spiro atoms. The minimum Gasteiger partial charge on any atom is -0.490 e. The smallest absolute Gasteiger partial charge is 0.248 e. The topological polar surface area (TPSA) is 99.6 Å². The second-order valence-electron chi connectivity index (χ2n) is 8.73. The van der Waals surface area contributed by atoms with E-state index in [0.29, 0.717) is 39.0 Å². The Morgan fingerprint density at radius 2 is 1.76 bits per heavy atom. The van der Waals surface area contributed by atoms with Crippen molar-refractivity contribution in [1.29, 1.82) is 0 Å². The van der Waals surface area contributed by atoms with E-state index in [1.165, 1.54) is 22.6 Å². The monoisotopic (exact) mass is 491 g/mol. The maximum Gasteiger partial charge on any atom is 0.248 e. The molecular formula is C21H31F2N3O6S. The fourth-order valence-electron chi connectivity index (χ4n) is 4.39. The van der Waals surface area contributed by atoms with Crippen molar-refractivity contribution in [2.24, 2.45) is 0 Å². The van der Waals surface area contributed by atoms with Gasteiger partial charge in [-0.25, -0.2) is 21.5 Å². The number of carbonyl (C=O) groups excluding carboxylic acids is 1. The minimum absolute atomic E-state index is 0.0126. The van der Waals surface area contributed by atoms with Gasteiger partial charge in [0.2, 0.25) is 15.9 Å². The first-order valence-electron chi connectivity index (χ1n) is 10.8. The van der Waals surface area contributed by atoms with Crippen LogP contribution in [-0.4, -0.2) is 111 Å². The second-order valence-corrected chi connectivity index (χ2v) is 10.7. The zero-order valence-corrected chi connectivity index (χ0v) is 19.7. The molecule has 9 nitrogen and oxygen atoms in total. The number of hydrogen-bond donors (Lipinski definition) is 1. The van der Waals surface area contributed by atoms with Crippen molar-refractivity contribution >= 4 is 15.9 Å². The number of aliphatic hydroxyl groups is 1. The SMILES string of the molecule is COCC(=O)N1CCN(C2CCN(S(C)(=O)=O)CC2)C[C@](O)(COc2cc(F)cc(F)c2)C1. The van der Waals surface area contributed by atoms with Crippen LogP contribution in [0.3, 0.4) is 0 Å². The number of piperidine rings is 1. The molecule has 0 radical (unpaired) electrons. The number of amides is 1. The maximum atomic E-state index is 13.5. The molecule has 2 saturated heterocycles. The van der Waals surface area contributed by atoms with Crippen molar-refractivity contribution in [3.05, 3.63) is 29.8 Å². The van der Waals surface area contributed by atoms with E-state index in [4.69, 9.17) is 9.47 Å². The number of rotatable bonds is 7. The van der Waals surface area contributed by atoms with E-state index in [1.807, 2.05) is 4.90 Å². The molecule has 2 aliphatic heterocycles. The van der Waals surface area contributed by atoms with Crippen LogP contribution in [0.1, 0.15) is 12.8 Å².